The third kappa shape index (κ3) is 2.73. The first kappa shape index (κ1) is 14.6. The van der Waals surface area contributed by atoms with E-state index in [0.717, 1.165) is 23.1 Å². The third-order valence-corrected chi connectivity index (χ3v) is 5.56. The van der Waals surface area contributed by atoms with Crippen molar-refractivity contribution in [2.45, 2.75) is 18.9 Å². The molecular formula is C15H18ClN3OS. The summed E-state index contributed by atoms with van der Waals surface area (Å²) in [5, 5.41) is 4.38. The van der Waals surface area contributed by atoms with Gasteiger partial charge in [-0.05, 0) is 38.6 Å². The summed E-state index contributed by atoms with van der Waals surface area (Å²) in [6, 6.07) is 6.02. The highest BCUT2D eigenvalue weighted by Crippen LogP contribution is 2.37. The van der Waals surface area contributed by atoms with Gasteiger partial charge < -0.3 is 16.0 Å². The monoisotopic (exact) mass is 323 g/mol. The van der Waals surface area contributed by atoms with Gasteiger partial charge in [0, 0.05) is 22.7 Å². The molecular weight excluding hydrogens is 306 g/mol. The Morgan fingerprint density at radius 1 is 1.57 bits per heavy atom. The smallest absolute Gasteiger partial charge is 0.263 e. The summed E-state index contributed by atoms with van der Waals surface area (Å²) in [5.74, 6) is -0.106. The molecule has 1 aliphatic rings. The largest absolute Gasteiger partial charge is 0.397 e. The number of nitrogen functional groups attached to an aromatic ring is 1. The molecule has 1 amide bonds. The number of nitrogens with one attached hydrogen (secondary N) is 1. The average molecular weight is 324 g/mol. The highest BCUT2D eigenvalue weighted by molar-refractivity contribution is 7.21. The van der Waals surface area contributed by atoms with Crippen molar-refractivity contribution in [3.8, 4) is 0 Å². The summed E-state index contributed by atoms with van der Waals surface area (Å²) >= 11 is 7.56. The first-order chi connectivity index (χ1) is 10.1. The predicted octanol–water partition coefficient (Wildman–Crippen LogP) is 2.96. The van der Waals surface area contributed by atoms with Crippen molar-refractivity contribution in [2.24, 2.45) is 0 Å². The number of nitrogens with zero attached hydrogens (tertiary/aromatic N) is 1. The molecule has 0 aliphatic carbocycles. The molecule has 6 heteroatoms. The number of rotatable bonds is 3. The summed E-state index contributed by atoms with van der Waals surface area (Å²) in [7, 11) is 2.09. The lowest BCUT2D eigenvalue weighted by Crippen LogP contribution is -2.38. The van der Waals surface area contributed by atoms with Crippen molar-refractivity contribution >= 4 is 44.6 Å². The minimum atomic E-state index is -0.106. The Kier molecular flexibility index (Phi) is 4.06. The SMILES string of the molecule is CN1CCCC1CNC(=O)c1sc2cccc(Cl)c2c1N. The molecule has 0 radical (unpaired) electrons. The molecule has 0 spiro atoms. The van der Waals surface area contributed by atoms with E-state index in [-0.39, 0.29) is 5.91 Å². The van der Waals surface area contributed by atoms with Crippen molar-refractivity contribution in [1.82, 2.24) is 10.2 Å². The zero-order valence-corrected chi connectivity index (χ0v) is 13.4. The lowest BCUT2D eigenvalue weighted by Gasteiger charge is -2.19. The molecule has 1 aromatic heterocycles. The third-order valence-electron chi connectivity index (χ3n) is 4.08. The first-order valence-corrected chi connectivity index (χ1v) is 8.22. The number of nitrogens with two attached hydrogens (primary N) is 1. The maximum atomic E-state index is 12.4. The summed E-state index contributed by atoms with van der Waals surface area (Å²) in [5.41, 5.74) is 6.59. The Labute approximate surface area is 132 Å². The molecule has 3 N–H and O–H groups in total. The Balaban J connectivity index is 1.78. The topological polar surface area (TPSA) is 58.4 Å². The Bertz CT molecular complexity index is 685. The van der Waals surface area contributed by atoms with Crippen LogP contribution in [0.4, 0.5) is 5.69 Å². The Morgan fingerprint density at radius 2 is 2.38 bits per heavy atom. The molecule has 0 saturated carbocycles. The van der Waals surface area contributed by atoms with Crippen LogP contribution in [0, 0.1) is 0 Å². The number of benzene rings is 1. The molecule has 2 heterocycles. The van der Waals surface area contributed by atoms with Crippen LogP contribution in [0.15, 0.2) is 18.2 Å². The molecule has 4 nitrogen and oxygen atoms in total. The van der Waals surface area contributed by atoms with Gasteiger partial charge in [-0.2, -0.15) is 0 Å². The lowest BCUT2D eigenvalue weighted by atomic mass is 10.2. The molecule has 1 unspecified atom stereocenters. The zero-order chi connectivity index (χ0) is 15.0. The van der Waals surface area contributed by atoms with E-state index in [1.807, 2.05) is 12.1 Å². The maximum absolute atomic E-state index is 12.4. The number of likely N-dealkylation sites (tertiary alicyclic amines) is 1. The molecule has 1 fully saturated rings. The second-order valence-corrected chi connectivity index (χ2v) is 6.90. The fourth-order valence-electron chi connectivity index (χ4n) is 2.83. The van der Waals surface area contributed by atoms with Crippen molar-refractivity contribution in [1.29, 1.82) is 0 Å². The van der Waals surface area contributed by atoms with Crippen LogP contribution in [0.5, 0.6) is 0 Å². The molecule has 112 valence electrons. The number of halogens is 1. The number of amides is 1. The number of carbonyl (C=O) groups excluding carboxylic acids is 1. The van der Waals surface area contributed by atoms with Gasteiger partial charge in [-0.3, -0.25) is 4.79 Å². The molecule has 1 aromatic carbocycles. The number of hydrogen-bond donors (Lipinski definition) is 2. The zero-order valence-electron chi connectivity index (χ0n) is 11.9. The maximum Gasteiger partial charge on any atom is 0.263 e. The summed E-state index contributed by atoms with van der Waals surface area (Å²) < 4.78 is 0.947. The minimum Gasteiger partial charge on any atom is -0.397 e. The minimum absolute atomic E-state index is 0.106. The molecule has 1 aliphatic heterocycles. The van der Waals surface area contributed by atoms with E-state index >= 15 is 0 Å². The van der Waals surface area contributed by atoms with Crippen molar-refractivity contribution in [2.75, 3.05) is 25.9 Å². The van der Waals surface area contributed by atoms with Gasteiger partial charge in [0.05, 0.1) is 10.7 Å². The quantitative estimate of drug-likeness (QED) is 0.913. The first-order valence-electron chi connectivity index (χ1n) is 7.03. The van der Waals surface area contributed by atoms with Crippen LogP contribution < -0.4 is 11.1 Å². The molecule has 3 rings (SSSR count). The number of anilines is 1. The standard InChI is InChI=1S/C15H18ClN3OS/c1-19-7-3-4-9(19)8-18-15(20)14-13(17)12-10(16)5-2-6-11(12)21-14/h2,5-6,9H,3-4,7-8,17H2,1H3,(H,18,20). The van der Waals surface area contributed by atoms with E-state index in [0.29, 0.717) is 28.2 Å². The van der Waals surface area contributed by atoms with Crippen LogP contribution in [0.25, 0.3) is 10.1 Å². The Morgan fingerprint density at radius 3 is 3.05 bits per heavy atom. The van der Waals surface area contributed by atoms with E-state index in [1.54, 1.807) is 6.07 Å². The molecule has 2 aromatic rings. The van der Waals surface area contributed by atoms with Crippen LogP contribution in [-0.4, -0.2) is 37.0 Å². The number of thiophene rings is 1. The van der Waals surface area contributed by atoms with Gasteiger partial charge in [-0.1, -0.05) is 17.7 Å². The summed E-state index contributed by atoms with van der Waals surface area (Å²) in [6.45, 7) is 1.76. The Hall–Kier alpha value is -1.30. The fourth-order valence-corrected chi connectivity index (χ4v) is 4.22. The van der Waals surface area contributed by atoms with Gasteiger partial charge in [-0.25, -0.2) is 0 Å². The second kappa shape index (κ2) is 5.83. The highest BCUT2D eigenvalue weighted by Gasteiger charge is 2.23. The molecule has 1 atom stereocenters. The van der Waals surface area contributed by atoms with Crippen LogP contribution in [0.1, 0.15) is 22.5 Å². The van der Waals surface area contributed by atoms with Crippen molar-refractivity contribution in [3.05, 3.63) is 28.1 Å². The normalized spacial score (nSPS) is 19.2. The van der Waals surface area contributed by atoms with Crippen molar-refractivity contribution in [3.63, 3.8) is 0 Å². The van der Waals surface area contributed by atoms with Gasteiger partial charge >= 0.3 is 0 Å². The van der Waals surface area contributed by atoms with Gasteiger partial charge in [-0.15, -0.1) is 11.3 Å². The molecule has 1 saturated heterocycles. The number of likely N-dealkylation sites (N-methyl/N-ethyl adjacent to an activating group) is 1. The average Bonchev–Trinajstić information content (AvgIpc) is 3.01. The van der Waals surface area contributed by atoms with E-state index < -0.39 is 0 Å². The van der Waals surface area contributed by atoms with Crippen LogP contribution in [0.2, 0.25) is 5.02 Å². The van der Waals surface area contributed by atoms with Gasteiger partial charge in [0.15, 0.2) is 0 Å². The van der Waals surface area contributed by atoms with E-state index in [9.17, 15) is 4.79 Å². The fraction of sp³-hybridized carbons (Fsp3) is 0.400. The van der Waals surface area contributed by atoms with E-state index in [2.05, 4.69) is 17.3 Å². The van der Waals surface area contributed by atoms with E-state index in [4.69, 9.17) is 17.3 Å². The summed E-state index contributed by atoms with van der Waals surface area (Å²) in [6.07, 6.45) is 2.32. The number of hydrogen-bond acceptors (Lipinski definition) is 4. The van der Waals surface area contributed by atoms with Crippen LogP contribution >= 0.6 is 22.9 Å². The number of carbonyl (C=O) groups is 1. The highest BCUT2D eigenvalue weighted by atomic mass is 35.5. The van der Waals surface area contributed by atoms with Crippen molar-refractivity contribution < 1.29 is 4.79 Å². The summed E-state index contributed by atoms with van der Waals surface area (Å²) in [4.78, 5) is 15.2. The number of fused-ring (bicyclic) bond motifs is 1. The van der Waals surface area contributed by atoms with Crippen LogP contribution in [-0.2, 0) is 0 Å². The molecule has 21 heavy (non-hydrogen) atoms. The van der Waals surface area contributed by atoms with Gasteiger partial charge in [0.1, 0.15) is 4.88 Å². The second-order valence-electron chi connectivity index (χ2n) is 5.44. The van der Waals surface area contributed by atoms with Gasteiger partial charge in [0.25, 0.3) is 5.91 Å². The van der Waals surface area contributed by atoms with Crippen LogP contribution in [0.3, 0.4) is 0 Å². The van der Waals surface area contributed by atoms with E-state index in [1.165, 1.54) is 17.8 Å². The van der Waals surface area contributed by atoms with Gasteiger partial charge in [0.2, 0.25) is 0 Å². The lowest BCUT2D eigenvalue weighted by molar-refractivity contribution is 0.0948. The predicted molar refractivity (Wildman–Crippen MR) is 89.2 cm³/mol. The molecule has 0 bridgehead atoms.